The van der Waals surface area contributed by atoms with Gasteiger partial charge in [0, 0.05) is 17.1 Å². The average Bonchev–Trinajstić information content (AvgIpc) is 2.31. The van der Waals surface area contributed by atoms with E-state index in [0.717, 1.165) is 9.13 Å². The molecule has 0 aliphatic heterocycles. The van der Waals surface area contributed by atoms with Gasteiger partial charge in [-0.15, -0.1) is 0 Å². The first-order valence-electron chi connectivity index (χ1n) is 5.29. The Bertz CT molecular complexity index is 436. The minimum absolute atomic E-state index is 0.143. The molecule has 0 aliphatic rings. The predicted octanol–water partition coefficient (Wildman–Crippen LogP) is 1.05. The van der Waals surface area contributed by atoms with Crippen LogP contribution in [0.4, 0.5) is 0 Å². The molecule has 1 aromatic carbocycles. The highest BCUT2D eigenvalue weighted by Gasteiger charge is 2.20. The molecule has 0 unspecified atom stereocenters. The topological polar surface area (TPSA) is 75.6 Å². The number of carboxylic acid groups (broad SMARTS) is 1. The molecule has 0 saturated heterocycles. The smallest absolute Gasteiger partial charge is 0.326 e. The third kappa shape index (κ3) is 4.61. The van der Waals surface area contributed by atoms with Crippen LogP contribution in [0.5, 0.6) is 0 Å². The average molecular weight is 363 g/mol. The number of carbonyl (C=O) groups excluding carboxylic acids is 1. The summed E-state index contributed by atoms with van der Waals surface area (Å²) in [5, 5.41) is 11.5. The maximum atomic E-state index is 11.3. The van der Waals surface area contributed by atoms with Gasteiger partial charge in [0.15, 0.2) is 0 Å². The molecular weight excluding hydrogens is 349 g/mol. The number of carboxylic acids is 1. The fraction of sp³-hybridized carbons (Fsp3) is 0.333. The van der Waals surface area contributed by atoms with Gasteiger partial charge in [0.05, 0.1) is 0 Å². The molecule has 0 saturated carbocycles. The van der Waals surface area contributed by atoms with Gasteiger partial charge in [-0.3, -0.25) is 4.79 Å². The molecule has 0 bridgehead atoms. The molecule has 1 amide bonds. The maximum absolute atomic E-state index is 11.3. The van der Waals surface area contributed by atoms with E-state index >= 15 is 0 Å². The van der Waals surface area contributed by atoms with Gasteiger partial charge in [-0.05, 0) is 34.2 Å². The molecule has 18 heavy (non-hydrogen) atoms. The van der Waals surface area contributed by atoms with Crippen LogP contribution < -0.4 is 5.32 Å². The van der Waals surface area contributed by atoms with Gasteiger partial charge in [-0.1, -0.05) is 18.2 Å². The highest BCUT2D eigenvalue weighted by atomic mass is 127. The Hall–Kier alpha value is -1.15. The van der Waals surface area contributed by atoms with Gasteiger partial charge in [-0.2, -0.15) is 0 Å². The number of hydrogen-bond donors (Lipinski definition) is 2. The molecule has 5 nitrogen and oxygen atoms in total. The van der Waals surface area contributed by atoms with Crippen molar-refractivity contribution in [2.45, 2.75) is 12.5 Å². The fourth-order valence-electron chi connectivity index (χ4n) is 1.45. The van der Waals surface area contributed by atoms with Crippen molar-refractivity contribution >= 4 is 34.5 Å². The lowest BCUT2D eigenvalue weighted by molar-refractivity contribution is -0.142. The Labute approximate surface area is 119 Å². The van der Waals surface area contributed by atoms with E-state index in [1.54, 1.807) is 0 Å². The number of benzene rings is 1. The maximum Gasteiger partial charge on any atom is 0.326 e. The summed E-state index contributed by atoms with van der Waals surface area (Å²) in [5.74, 6) is -1.49. The van der Waals surface area contributed by atoms with E-state index in [1.807, 2.05) is 24.3 Å². The van der Waals surface area contributed by atoms with Crippen molar-refractivity contribution in [3.05, 3.63) is 33.4 Å². The van der Waals surface area contributed by atoms with Crippen molar-refractivity contribution in [2.75, 3.05) is 13.7 Å². The number of rotatable bonds is 6. The minimum Gasteiger partial charge on any atom is -0.480 e. The molecule has 0 heterocycles. The lowest BCUT2D eigenvalue weighted by atomic mass is 10.1. The van der Waals surface area contributed by atoms with Crippen LogP contribution >= 0.6 is 22.6 Å². The van der Waals surface area contributed by atoms with Gasteiger partial charge in [0.2, 0.25) is 5.91 Å². The quantitative estimate of drug-likeness (QED) is 0.741. The van der Waals surface area contributed by atoms with Crippen molar-refractivity contribution in [1.82, 2.24) is 5.32 Å². The van der Waals surface area contributed by atoms with E-state index in [9.17, 15) is 9.59 Å². The van der Waals surface area contributed by atoms with Crippen molar-refractivity contribution in [2.24, 2.45) is 0 Å². The standard InChI is InChI=1S/C12H14INO4/c1-18-7-11(15)14-10(12(16)17)6-8-4-2-3-5-9(8)13/h2-5,10H,6-7H2,1H3,(H,14,15)(H,16,17)/t10-/m0/s1. The Balaban J connectivity index is 2.72. The zero-order valence-corrected chi connectivity index (χ0v) is 12.0. The van der Waals surface area contributed by atoms with E-state index < -0.39 is 17.9 Å². The minimum atomic E-state index is -1.06. The first-order valence-corrected chi connectivity index (χ1v) is 6.37. The molecule has 2 N–H and O–H groups in total. The summed E-state index contributed by atoms with van der Waals surface area (Å²) >= 11 is 2.14. The monoisotopic (exact) mass is 363 g/mol. The normalized spacial score (nSPS) is 11.9. The zero-order valence-electron chi connectivity index (χ0n) is 9.85. The first-order chi connectivity index (χ1) is 8.54. The predicted molar refractivity (Wildman–Crippen MR) is 74.3 cm³/mol. The molecule has 0 fully saturated rings. The Morgan fingerprint density at radius 2 is 2.11 bits per heavy atom. The van der Waals surface area contributed by atoms with Crippen LogP contribution in [0.3, 0.4) is 0 Å². The number of ether oxygens (including phenoxy) is 1. The summed E-state index contributed by atoms with van der Waals surface area (Å²) in [7, 11) is 1.38. The number of carbonyl (C=O) groups is 2. The van der Waals surface area contributed by atoms with E-state index in [2.05, 4.69) is 32.6 Å². The summed E-state index contributed by atoms with van der Waals surface area (Å²) in [6.07, 6.45) is 0.254. The fourth-order valence-corrected chi connectivity index (χ4v) is 2.06. The van der Waals surface area contributed by atoms with Crippen LogP contribution in [0.25, 0.3) is 0 Å². The van der Waals surface area contributed by atoms with Gasteiger partial charge in [0.25, 0.3) is 0 Å². The molecule has 6 heteroatoms. The van der Waals surface area contributed by atoms with Crippen molar-refractivity contribution < 1.29 is 19.4 Å². The SMILES string of the molecule is COCC(=O)N[C@@H](Cc1ccccc1I)C(=O)O. The van der Waals surface area contributed by atoms with E-state index in [1.165, 1.54) is 7.11 Å². The van der Waals surface area contributed by atoms with Crippen molar-refractivity contribution in [1.29, 1.82) is 0 Å². The first kappa shape index (κ1) is 14.9. The van der Waals surface area contributed by atoms with E-state index in [0.29, 0.717) is 0 Å². The Morgan fingerprint density at radius 1 is 1.44 bits per heavy atom. The summed E-state index contributed by atoms with van der Waals surface area (Å²) in [5.41, 5.74) is 0.892. The number of methoxy groups -OCH3 is 1. The Morgan fingerprint density at radius 3 is 2.67 bits per heavy atom. The summed E-state index contributed by atoms with van der Waals surface area (Å²) in [4.78, 5) is 22.4. The van der Waals surface area contributed by atoms with E-state index in [-0.39, 0.29) is 13.0 Å². The van der Waals surface area contributed by atoms with Crippen molar-refractivity contribution in [3.8, 4) is 0 Å². The lowest BCUT2D eigenvalue weighted by Crippen LogP contribution is -2.43. The second-order valence-electron chi connectivity index (χ2n) is 3.69. The summed E-state index contributed by atoms with van der Waals surface area (Å²) in [6, 6.07) is 6.52. The number of aliphatic carboxylic acids is 1. The number of nitrogens with one attached hydrogen (secondary N) is 1. The summed E-state index contributed by atoms with van der Waals surface area (Å²) in [6.45, 7) is -0.143. The molecule has 1 rings (SSSR count). The Kier molecular flexibility index (Phi) is 6.06. The largest absolute Gasteiger partial charge is 0.480 e. The van der Waals surface area contributed by atoms with Crippen LogP contribution in [0.15, 0.2) is 24.3 Å². The second kappa shape index (κ2) is 7.32. The highest BCUT2D eigenvalue weighted by Crippen LogP contribution is 2.13. The number of halogens is 1. The summed E-state index contributed by atoms with van der Waals surface area (Å²) < 4.78 is 5.63. The third-order valence-corrected chi connectivity index (χ3v) is 3.34. The molecule has 98 valence electrons. The molecule has 0 aliphatic carbocycles. The van der Waals surface area contributed by atoms with Gasteiger partial charge in [0.1, 0.15) is 12.6 Å². The second-order valence-corrected chi connectivity index (χ2v) is 4.85. The van der Waals surface area contributed by atoms with Crippen LogP contribution in [0.2, 0.25) is 0 Å². The molecule has 0 aromatic heterocycles. The molecule has 1 atom stereocenters. The molecule has 1 aromatic rings. The molecule has 0 radical (unpaired) electrons. The lowest BCUT2D eigenvalue weighted by Gasteiger charge is -2.15. The van der Waals surface area contributed by atoms with E-state index in [4.69, 9.17) is 5.11 Å². The third-order valence-electron chi connectivity index (χ3n) is 2.29. The van der Waals surface area contributed by atoms with Gasteiger partial charge in [-0.25, -0.2) is 4.79 Å². The van der Waals surface area contributed by atoms with Crippen LogP contribution in [0, 0.1) is 3.57 Å². The highest BCUT2D eigenvalue weighted by molar-refractivity contribution is 14.1. The molecular formula is C12H14INO4. The van der Waals surface area contributed by atoms with Crippen LogP contribution in [0.1, 0.15) is 5.56 Å². The molecule has 0 spiro atoms. The van der Waals surface area contributed by atoms with Gasteiger partial charge >= 0.3 is 5.97 Å². The van der Waals surface area contributed by atoms with Gasteiger partial charge < -0.3 is 15.2 Å². The zero-order chi connectivity index (χ0) is 13.5. The number of hydrogen-bond acceptors (Lipinski definition) is 3. The number of amides is 1. The van der Waals surface area contributed by atoms with Crippen LogP contribution in [-0.2, 0) is 20.7 Å². The van der Waals surface area contributed by atoms with Crippen LogP contribution in [-0.4, -0.2) is 36.7 Å². The van der Waals surface area contributed by atoms with Crippen molar-refractivity contribution in [3.63, 3.8) is 0 Å².